The Hall–Kier alpha value is 0. The summed E-state index contributed by atoms with van der Waals surface area (Å²) in [6, 6.07) is 0. The average Bonchev–Trinajstić information content (AvgIpc) is 2.14. The smallest absolute Gasteiger partial charge is 0.0318 e. The highest BCUT2D eigenvalue weighted by Gasteiger charge is 2.18. The van der Waals surface area contributed by atoms with Crippen LogP contribution in [-0.2, 0) is 0 Å². The molecule has 0 saturated heterocycles. The maximum Gasteiger partial charge on any atom is -0.0318 e. The maximum atomic E-state index is 5.65. The molecule has 0 amide bonds. The zero-order chi connectivity index (χ0) is 5.98. The van der Waals surface area contributed by atoms with Gasteiger partial charge < -0.3 is 0 Å². The lowest BCUT2D eigenvalue weighted by atomic mass is 10.0. The van der Waals surface area contributed by atoms with E-state index in [4.69, 9.17) is 13.8 Å². The van der Waals surface area contributed by atoms with Gasteiger partial charge in [-0.15, -0.1) is 0 Å². The normalized spacial score (nSPS) is 38.2. The molecular formula is C8H12. The SMILES string of the molecule is [CH]CC1CCC([CH])C1. The molecule has 0 heteroatoms. The summed E-state index contributed by atoms with van der Waals surface area (Å²) in [5.41, 5.74) is 0. The highest BCUT2D eigenvalue weighted by Crippen LogP contribution is 2.31. The molecule has 0 N–H and O–H groups in total. The molecule has 0 aromatic rings. The van der Waals surface area contributed by atoms with Gasteiger partial charge in [-0.25, -0.2) is 0 Å². The molecule has 0 nitrogen and oxygen atoms in total. The molecule has 1 saturated carbocycles. The van der Waals surface area contributed by atoms with Crippen molar-refractivity contribution in [1.82, 2.24) is 0 Å². The first-order valence-electron chi connectivity index (χ1n) is 3.28. The maximum absolute atomic E-state index is 5.65. The zero-order valence-corrected chi connectivity index (χ0v) is 5.14. The highest BCUT2D eigenvalue weighted by atomic mass is 14.2. The lowest BCUT2D eigenvalue weighted by Crippen LogP contribution is -1.90. The minimum absolute atomic E-state index is 0.448. The molecule has 0 aromatic carbocycles. The molecule has 1 aliphatic rings. The van der Waals surface area contributed by atoms with Gasteiger partial charge in [0.05, 0.1) is 0 Å². The van der Waals surface area contributed by atoms with Gasteiger partial charge in [-0.3, -0.25) is 0 Å². The van der Waals surface area contributed by atoms with Gasteiger partial charge in [-0.05, 0) is 44.9 Å². The summed E-state index contributed by atoms with van der Waals surface area (Å²) >= 11 is 0. The molecule has 4 radical (unpaired) electrons. The van der Waals surface area contributed by atoms with Crippen molar-refractivity contribution in [2.24, 2.45) is 11.8 Å². The number of rotatable bonds is 1. The van der Waals surface area contributed by atoms with Crippen LogP contribution in [-0.4, -0.2) is 0 Å². The lowest BCUT2D eigenvalue weighted by molar-refractivity contribution is 0.537. The third-order valence-electron chi connectivity index (χ3n) is 1.92. The molecule has 0 bridgehead atoms. The van der Waals surface area contributed by atoms with Crippen molar-refractivity contribution in [2.45, 2.75) is 25.7 Å². The minimum atomic E-state index is 0.448. The van der Waals surface area contributed by atoms with Gasteiger partial charge in [-0.2, -0.15) is 0 Å². The van der Waals surface area contributed by atoms with Crippen LogP contribution >= 0.6 is 0 Å². The van der Waals surface area contributed by atoms with Crippen LogP contribution in [0.4, 0.5) is 0 Å². The van der Waals surface area contributed by atoms with Crippen LogP contribution in [0.25, 0.3) is 0 Å². The largest absolute Gasteiger partial charge is 0.0502 e. The first kappa shape index (κ1) is 6.12. The van der Waals surface area contributed by atoms with Crippen LogP contribution in [0.3, 0.4) is 0 Å². The van der Waals surface area contributed by atoms with E-state index in [1.54, 1.807) is 0 Å². The van der Waals surface area contributed by atoms with Crippen LogP contribution in [0.2, 0.25) is 0 Å². The van der Waals surface area contributed by atoms with Gasteiger partial charge in [0.25, 0.3) is 0 Å². The summed E-state index contributed by atoms with van der Waals surface area (Å²) in [7, 11) is 0. The predicted octanol–water partition coefficient (Wildman–Crippen LogP) is 2.21. The van der Waals surface area contributed by atoms with Crippen LogP contribution in [0.15, 0.2) is 0 Å². The highest BCUT2D eigenvalue weighted by molar-refractivity contribution is 4.76. The molecular weight excluding hydrogens is 96.1 g/mol. The molecule has 0 heterocycles. The van der Waals surface area contributed by atoms with E-state index in [-0.39, 0.29) is 0 Å². The van der Waals surface area contributed by atoms with Gasteiger partial charge in [0.1, 0.15) is 0 Å². The second-order valence-electron chi connectivity index (χ2n) is 2.67. The van der Waals surface area contributed by atoms with Gasteiger partial charge in [0.2, 0.25) is 0 Å². The topological polar surface area (TPSA) is 0 Å². The molecule has 0 aromatic heterocycles. The first-order chi connectivity index (χ1) is 3.83. The Bertz CT molecular complexity index is 66.4. The molecule has 1 rings (SSSR count). The second-order valence-corrected chi connectivity index (χ2v) is 2.67. The van der Waals surface area contributed by atoms with Gasteiger partial charge in [0.15, 0.2) is 0 Å². The Balaban J connectivity index is 2.22. The molecule has 2 atom stereocenters. The van der Waals surface area contributed by atoms with E-state index in [2.05, 4.69) is 0 Å². The standard InChI is InChI=1S/C8H12/c1-3-8-5-4-7(2)6-8/h1-2,7-8H,3-6H2. The average molecular weight is 108 g/mol. The summed E-state index contributed by atoms with van der Waals surface area (Å²) in [6.07, 6.45) is 4.41. The number of hydrogen-bond donors (Lipinski definition) is 0. The van der Waals surface area contributed by atoms with Crippen LogP contribution < -0.4 is 0 Å². The molecule has 1 aliphatic carbocycles. The van der Waals surface area contributed by atoms with E-state index in [1.165, 1.54) is 12.8 Å². The van der Waals surface area contributed by atoms with Crippen LogP contribution in [0.5, 0.6) is 0 Å². The van der Waals surface area contributed by atoms with Crippen molar-refractivity contribution in [3.8, 4) is 0 Å². The van der Waals surface area contributed by atoms with Crippen LogP contribution in [0, 0.1) is 25.7 Å². The van der Waals surface area contributed by atoms with Crippen molar-refractivity contribution < 1.29 is 0 Å². The summed E-state index contributed by atoms with van der Waals surface area (Å²) in [6.45, 7) is 11.1. The molecule has 8 heavy (non-hydrogen) atoms. The fraction of sp³-hybridized carbons (Fsp3) is 0.750. The summed E-state index contributed by atoms with van der Waals surface area (Å²) in [5.74, 6) is 1.17. The van der Waals surface area contributed by atoms with Crippen molar-refractivity contribution in [3.63, 3.8) is 0 Å². The van der Waals surface area contributed by atoms with Gasteiger partial charge in [-0.1, -0.05) is 6.42 Å². The third-order valence-corrected chi connectivity index (χ3v) is 1.92. The third kappa shape index (κ3) is 1.24. The van der Waals surface area contributed by atoms with Gasteiger partial charge in [0, 0.05) is 0 Å². The first-order valence-corrected chi connectivity index (χ1v) is 3.28. The summed E-state index contributed by atoms with van der Waals surface area (Å²) < 4.78 is 0. The van der Waals surface area contributed by atoms with E-state index in [1.807, 2.05) is 0 Å². The van der Waals surface area contributed by atoms with Crippen molar-refractivity contribution in [1.29, 1.82) is 0 Å². The fourth-order valence-corrected chi connectivity index (χ4v) is 1.33. The Morgan fingerprint density at radius 2 is 2.12 bits per heavy atom. The quantitative estimate of drug-likeness (QED) is 0.483. The predicted molar refractivity (Wildman–Crippen MR) is 34.0 cm³/mol. The molecule has 0 aliphatic heterocycles. The molecule has 44 valence electrons. The van der Waals surface area contributed by atoms with Crippen molar-refractivity contribution >= 4 is 0 Å². The van der Waals surface area contributed by atoms with E-state index < -0.39 is 0 Å². The second kappa shape index (κ2) is 2.52. The Kier molecular flexibility index (Phi) is 1.93. The van der Waals surface area contributed by atoms with E-state index in [0.717, 1.165) is 18.8 Å². The lowest BCUT2D eigenvalue weighted by Gasteiger charge is -2.01. The fourth-order valence-electron chi connectivity index (χ4n) is 1.33. The summed E-state index contributed by atoms with van der Waals surface area (Å²) in [5, 5.41) is 0. The van der Waals surface area contributed by atoms with E-state index >= 15 is 0 Å². The van der Waals surface area contributed by atoms with E-state index in [9.17, 15) is 0 Å². The Labute approximate surface area is 52.3 Å². The summed E-state index contributed by atoms with van der Waals surface area (Å²) in [4.78, 5) is 0. The van der Waals surface area contributed by atoms with Crippen LogP contribution in [0.1, 0.15) is 25.7 Å². The molecule has 0 spiro atoms. The monoisotopic (exact) mass is 108 g/mol. The molecule has 2 unspecified atom stereocenters. The van der Waals surface area contributed by atoms with Crippen molar-refractivity contribution in [2.75, 3.05) is 0 Å². The molecule has 1 fully saturated rings. The number of hydrogen-bond acceptors (Lipinski definition) is 0. The Morgan fingerprint density at radius 3 is 2.38 bits per heavy atom. The zero-order valence-electron chi connectivity index (χ0n) is 5.14. The van der Waals surface area contributed by atoms with E-state index in [0.29, 0.717) is 5.92 Å². The van der Waals surface area contributed by atoms with Crippen molar-refractivity contribution in [3.05, 3.63) is 13.8 Å². The Morgan fingerprint density at radius 1 is 1.38 bits per heavy atom. The minimum Gasteiger partial charge on any atom is -0.0502 e. The van der Waals surface area contributed by atoms with Gasteiger partial charge >= 0.3 is 0 Å².